The number of benzene rings is 2. The maximum Gasteiger partial charge on any atom is 0.359 e. The second-order valence-electron chi connectivity index (χ2n) is 6.88. The first-order valence-corrected chi connectivity index (χ1v) is 10.4. The highest BCUT2D eigenvalue weighted by molar-refractivity contribution is 7.80. The molecule has 0 unspecified atom stereocenters. The monoisotopic (exact) mass is 441 g/mol. The van der Waals surface area contributed by atoms with Gasteiger partial charge in [-0.3, -0.25) is 4.79 Å². The van der Waals surface area contributed by atoms with Crippen molar-refractivity contribution in [2.45, 2.75) is 24.8 Å². The summed E-state index contributed by atoms with van der Waals surface area (Å²) < 4.78 is 6.95. The lowest BCUT2D eigenvalue weighted by Gasteiger charge is -2.28. The SMILES string of the molecule is CCOC(=O)c1nn(-c2ccc(Cl)cc2)c2c1CN(C(=O)c1ccccc1S)CC2. The molecule has 0 saturated heterocycles. The number of fused-ring (bicyclic) bond motifs is 1. The molecule has 2 heterocycles. The van der Waals surface area contributed by atoms with E-state index >= 15 is 0 Å². The summed E-state index contributed by atoms with van der Waals surface area (Å²) in [5.41, 5.74) is 3.17. The van der Waals surface area contributed by atoms with Crippen LogP contribution in [0.4, 0.5) is 0 Å². The van der Waals surface area contributed by atoms with Crippen LogP contribution in [0.15, 0.2) is 53.4 Å². The van der Waals surface area contributed by atoms with Crippen molar-refractivity contribution in [1.29, 1.82) is 0 Å². The smallest absolute Gasteiger partial charge is 0.359 e. The fourth-order valence-electron chi connectivity index (χ4n) is 3.58. The number of carbonyl (C=O) groups is 2. The van der Waals surface area contributed by atoms with Gasteiger partial charge in [0.05, 0.1) is 30.1 Å². The number of thiol groups is 1. The molecular weight excluding hydrogens is 422 g/mol. The number of nitrogens with zero attached hydrogens (tertiary/aromatic N) is 3. The van der Waals surface area contributed by atoms with Crippen molar-refractivity contribution < 1.29 is 14.3 Å². The maximum atomic E-state index is 13.1. The Kier molecular flexibility index (Phi) is 5.83. The van der Waals surface area contributed by atoms with Crippen LogP contribution in [0.3, 0.4) is 0 Å². The molecular formula is C22H20ClN3O3S. The summed E-state index contributed by atoms with van der Waals surface area (Å²) in [5, 5.41) is 5.16. The summed E-state index contributed by atoms with van der Waals surface area (Å²) in [7, 11) is 0. The van der Waals surface area contributed by atoms with E-state index in [1.54, 1.807) is 40.8 Å². The summed E-state index contributed by atoms with van der Waals surface area (Å²) in [6, 6.07) is 14.4. The van der Waals surface area contributed by atoms with Crippen molar-refractivity contribution >= 4 is 36.1 Å². The normalized spacial score (nSPS) is 13.1. The van der Waals surface area contributed by atoms with Gasteiger partial charge < -0.3 is 9.64 Å². The first kappa shape index (κ1) is 20.5. The number of rotatable bonds is 4. The van der Waals surface area contributed by atoms with Crippen molar-refractivity contribution in [2.75, 3.05) is 13.2 Å². The van der Waals surface area contributed by atoms with Gasteiger partial charge in [0.15, 0.2) is 5.69 Å². The van der Waals surface area contributed by atoms with Gasteiger partial charge in [0.25, 0.3) is 5.91 Å². The van der Waals surface area contributed by atoms with Gasteiger partial charge in [-0.15, -0.1) is 12.6 Å². The van der Waals surface area contributed by atoms with Crippen LogP contribution in [0, 0.1) is 0 Å². The molecule has 0 bridgehead atoms. The summed E-state index contributed by atoms with van der Waals surface area (Å²) >= 11 is 10.4. The first-order valence-electron chi connectivity index (χ1n) is 9.60. The van der Waals surface area contributed by atoms with Crippen LogP contribution in [0.25, 0.3) is 5.69 Å². The molecule has 0 fully saturated rings. The number of hydrogen-bond donors (Lipinski definition) is 1. The maximum absolute atomic E-state index is 13.1. The van der Waals surface area contributed by atoms with Gasteiger partial charge in [-0.1, -0.05) is 23.7 Å². The van der Waals surface area contributed by atoms with E-state index in [-0.39, 0.29) is 24.8 Å². The molecule has 0 N–H and O–H groups in total. The molecule has 1 aliphatic heterocycles. The Morgan fingerprint density at radius 2 is 1.90 bits per heavy atom. The molecule has 1 amide bonds. The molecule has 1 aliphatic rings. The third kappa shape index (κ3) is 3.82. The average Bonchev–Trinajstić information content (AvgIpc) is 3.13. The fraction of sp³-hybridized carbons (Fsp3) is 0.227. The van der Waals surface area contributed by atoms with Gasteiger partial charge in [-0.2, -0.15) is 5.10 Å². The quantitative estimate of drug-likeness (QED) is 0.487. The van der Waals surface area contributed by atoms with Gasteiger partial charge in [-0.05, 0) is 43.3 Å². The highest BCUT2D eigenvalue weighted by Crippen LogP contribution is 2.28. The van der Waals surface area contributed by atoms with Crippen LogP contribution in [-0.2, 0) is 17.7 Å². The zero-order valence-corrected chi connectivity index (χ0v) is 18.0. The highest BCUT2D eigenvalue weighted by atomic mass is 35.5. The Bertz CT molecular complexity index is 1110. The molecule has 0 atom stereocenters. The Balaban J connectivity index is 1.73. The molecule has 0 spiro atoms. The molecule has 1 aromatic heterocycles. The zero-order valence-electron chi connectivity index (χ0n) is 16.3. The topological polar surface area (TPSA) is 64.4 Å². The van der Waals surface area contributed by atoms with Crippen molar-refractivity contribution in [3.05, 3.63) is 76.1 Å². The van der Waals surface area contributed by atoms with Crippen LogP contribution >= 0.6 is 24.2 Å². The Labute approximate surface area is 184 Å². The van der Waals surface area contributed by atoms with Crippen LogP contribution < -0.4 is 0 Å². The number of hydrogen-bond acceptors (Lipinski definition) is 5. The molecule has 30 heavy (non-hydrogen) atoms. The van der Waals surface area contributed by atoms with Gasteiger partial charge in [0, 0.05) is 28.4 Å². The summed E-state index contributed by atoms with van der Waals surface area (Å²) in [6.45, 7) is 2.78. The van der Waals surface area contributed by atoms with Crippen molar-refractivity contribution in [3.63, 3.8) is 0 Å². The van der Waals surface area contributed by atoms with E-state index in [1.807, 2.05) is 24.3 Å². The summed E-state index contributed by atoms with van der Waals surface area (Å²) in [4.78, 5) is 28.0. The number of ether oxygens (including phenoxy) is 1. The summed E-state index contributed by atoms with van der Waals surface area (Å²) in [6.07, 6.45) is 0.560. The largest absolute Gasteiger partial charge is 0.461 e. The minimum atomic E-state index is -0.495. The van der Waals surface area contributed by atoms with Gasteiger partial charge >= 0.3 is 5.97 Å². The first-order chi connectivity index (χ1) is 14.5. The van der Waals surface area contributed by atoms with Crippen LogP contribution in [-0.4, -0.2) is 39.7 Å². The van der Waals surface area contributed by atoms with E-state index in [4.69, 9.17) is 16.3 Å². The molecule has 154 valence electrons. The number of aromatic nitrogens is 2. The number of halogens is 1. The standard InChI is InChI=1S/C22H20ClN3O3S/c1-2-29-22(28)20-17-13-25(21(27)16-5-3-4-6-19(16)30)12-11-18(17)26(24-20)15-9-7-14(23)8-10-15/h3-10,30H,2,11-13H2,1H3. The lowest BCUT2D eigenvalue weighted by atomic mass is 10.0. The van der Waals surface area contributed by atoms with Crippen molar-refractivity contribution in [1.82, 2.24) is 14.7 Å². The zero-order chi connectivity index (χ0) is 21.3. The average molecular weight is 442 g/mol. The van der Waals surface area contributed by atoms with E-state index in [1.165, 1.54) is 0 Å². The number of esters is 1. The minimum Gasteiger partial charge on any atom is -0.461 e. The summed E-state index contributed by atoms with van der Waals surface area (Å²) in [5.74, 6) is -0.620. The van der Waals surface area contributed by atoms with Crippen LogP contribution in [0.5, 0.6) is 0 Å². The molecule has 0 radical (unpaired) electrons. The minimum absolute atomic E-state index is 0.125. The molecule has 4 rings (SSSR count). The second-order valence-corrected chi connectivity index (χ2v) is 7.79. The lowest BCUT2D eigenvalue weighted by Crippen LogP contribution is -2.37. The van der Waals surface area contributed by atoms with Crippen LogP contribution in [0.2, 0.25) is 5.02 Å². The lowest BCUT2D eigenvalue weighted by molar-refractivity contribution is 0.0513. The molecule has 8 heteroatoms. The molecule has 0 saturated carbocycles. The predicted molar refractivity (Wildman–Crippen MR) is 117 cm³/mol. The molecule has 2 aromatic carbocycles. The number of carbonyl (C=O) groups excluding carboxylic acids is 2. The van der Waals surface area contributed by atoms with E-state index < -0.39 is 5.97 Å². The van der Waals surface area contributed by atoms with Crippen LogP contribution in [0.1, 0.15) is 39.0 Å². The third-order valence-electron chi connectivity index (χ3n) is 5.02. The van der Waals surface area contributed by atoms with E-state index in [9.17, 15) is 9.59 Å². The predicted octanol–water partition coefficient (Wildman–Crippen LogP) is 4.19. The van der Waals surface area contributed by atoms with Gasteiger partial charge in [0.2, 0.25) is 0 Å². The highest BCUT2D eigenvalue weighted by Gasteiger charge is 2.31. The van der Waals surface area contributed by atoms with Gasteiger partial charge in [-0.25, -0.2) is 9.48 Å². The Morgan fingerprint density at radius 1 is 1.17 bits per heavy atom. The van der Waals surface area contributed by atoms with Crippen molar-refractivity contribution in [3.8, 4) is 5.69 Å². The molecule has 0 aliphatic carbocycles. The fourth-order valence-corrected chi connectivity index (χ4v) is 3.96. The Hall–Kier alpha value is -2.77. The van der Waals surface area contributed by atoms with E-state index in [0.29, 0.717) is 34.0 Å². The molecule has 6 nitrogen and oxygen atoms in total. The van der Waals surface area contributed by atoms with E-state index in [2.05, 4.69) is 17.7 Å². The second kappa shape index (κ2) is 8.53. The third-order valence-corrected chi connectivity index (χ3v) is 5.66. The van der Waals surface area contributed by atoms with Crippen molar-refractivity contribution in [2.24, 2.45) is 0 Å². The molecule has 3 aromatic rings. The van der Waals surface area contributed by atoms with E-state index in [0.717, 1.165) is 11.4 Å². The Morgan fingerprint density at radius 3 is 2.60 bits per heavy atom. The van der Waals surface area contributed by atoms with Gasteiger partial charge in [0.1, 0.15) is 0 Å². The number of amides is 1.